The lowest BCUT2D eigenvalue weighted by Gasteiger charge is -2.10. The number of hydrogen-bond donors (Lipinski definition) is 2. The number of aromatic nitrogens is 1. The van der Waals surface area contributed by atoms with Gasteiger partial charge in [0.15, 0.2) is 0 Å². The van der Waals surface area contributed by atoms with Gasteiger partial charge >= 0.3 is 0 Å². The van der Waals surface area contributed by atoms with Crippen LogP contribution in [0.3, 0.4) is 0 Å². The Kier molecular flexibility index (Phi) is 4.01. The number of para-hydroxylation sites is 1. The molecule has 2 rings (SSSR count). The van der Waals surface area contributed by atoms with Crippen LogP contribution in [0.4, 0.5) is 11.4 Å². The summed E-state index contributed by atoms with van der Waals surface area (Å²) in [5.74, 6) is 0. The van der Waals surface area contributed by atoms with Crippen LogP contribution in [0.1, 0.15) is 5.69 Å². The Hall–Kier alpha value is -1.36. The highest BCUT2D eigenvalue weighted by molar-refractivity contribution is 7.80. The summed E-state index contributed by atoms with van der Waals surface area (Å²) in [6, 6.07) is 8.81. The zero-order valence-electron chi connectivity index (χ0n) is 9.15. The molecule has 0 unspecified atom stereocenters. The van der Waals surface area contributed by atoms with E-state index in [2.05, 4.69) is 10.3 Å². The maximum Gasteiger partial charge on any atom is 0.122 e. The van der Waals surface area contributed by atoms with Crippen molar-refractivity contribution in [3.05, 3.63) is 52.3 Å². The number of thiocarbonyl (C=S) groups is 1. The van der Waals surface area contributed by atoms with Crippen molar-refractivity contribution in [2.24, 2.45) is 5.73 Å². The molecule has 0 aliphatic carbocycles. The molecule has 1 aromatic carbocycles. The van der Waals surface area contributed by atoms with Gasteiger partial charge in [0, 0.05) is 11.9 Å². The summed E-state index contributed by atoms with van der Waals surface area (Å²) < 4.78 is 0. The average molecular weight is 298 g/mol. The van der Waals surface area contributed by atoms with E-state index < -0.39 is 0 Å². The van der Waals surface area contributed by atoms with Gasteiger partial charge in [0.05, 0.1) is 21.4 Å². The molecule has 0 aliphatic rings. The molecule has 0 radical (unpaired) electrons. The highest BCUT2D eigenvalue weighted by atomic mass is 35.5. The zero-order chi connectivity index (χ0) is 13.1. The summed E-state index contributed by atoms with van der Waals surface area (Å²) in [5, 5.41) is 4.19. The largest absolute Gasteiger partial charge is 0.388 e. The molecule has 0 saturated carbocycles. The van der Waals surface area contributed by atoms with Crippen molar-refractivity contribution in [2.75, 3.05) is 5.32 Å². The first-order chi connectivity index (χ1) is 8.58. The van der Waals surface area contributed by atoms with Crippen molar-refractivity contribution in [3.63, 3.8) is 0 Å². The smallest absolute Gasteiger partial charge is 0.122 e. The average Bonchev–Trinajstić information content (AvgIpc) is 2.34. The van der Waals surface area contributed by atoms with Crippen LogP contribution in [0.5, 0.6) is 0 Å². The Balaban J connectivity index is 2.34. The van der Waals surface area contributed by atoms with E-state index in [1.807, 2.05) is 0 Å². The standard InChI is InChI=1S/C12H9Cl2N3S/c13-8-2-1-3-9(14)11(8)17-7-4-5-16-10(6-7)12(15)18/h1-6H,(H2,15,18)(H,16,17). The molecular weight excluding hydrogens is 289 g/mol. The quantitative estimate of drug-likeness (QED) is 0.847. The fraction of sp³-hybridized carbons (Fsp3) is 0. The van der Waals surface area contributed by atoms with Gasteiger partial charge in [-0.1, -0.05) is 41.5 Å². The van der Waals surface area contributed by atoms with E-state index in [0.29, 0.717) is 21.4 Å². The molecule has 92 valence electrons. The molecule has 0 spiro atoms. The molecule has 2 aromatic rings. The van der Waals surface area contributed by atoms with E-state index in [-0.39, 0.29) is 4.99 Å². The van der Waals surface area contributed by atoms with Crippen LogP contribution >= 0.6 is 35.4 Å². The molecule has 6 heteroatoms. The van der Waals surface area contributed by atoms with Gasteiger partial charge in [-0.15, -0.1) is 0 Å². The maximum absolute atomic E-state index is 6.07. The van der Waals surface area contributed by atoms with Crippen LogP contribution in [-0.4, -0.2) is 9.97 Å². The van der Waals surface area contributed by atoms with Gasteiger partial charge in [0.1, 0.15) is 4.99 Å². The molecular formula is C12H9Cl2N3S. The number of rotatable bonds is 3. The molecule has 3 N–H and O–H groups in total. The molecule has 1 aromatic heterocycles. The Bertz CT molecular complexity index is 581. The fourth-order valence-electron chi connectivity index (χ4n) is 1.40. The van der Waals surface area contributed by atoms with Crippen LogP contribution in [0, 0.1) is 0 Å². The third-order valence-electron chi connectivity index (χ3n) is 2.24. The van der Waals surface area contributed by atoms with E-state index in [1.54, 1.807) is 36.5 Å². The number of benzene rings is 1. The van der Waals surface area contributed by atoms with Gasteiger partial charge in [-0.3, -0.25) is 4.98 Å². The van der Waals surface area contributed by atoms with Crippen molar-refractivity contribution in [1.82, 2.24) is 4.98 Å². The number of halogens is 2. The second kappa shape index (κ2) is 5.52. The molecule has 0 fully saturated rings. The Morgan fingerprint density at radius 3 is 2.50 bits per heavy atom. The van der Waals surface area contributed by atoms with Gasteiger partial charge in [0.2, 0.25) is 0 Å². The zero-order valence-corrected chi connectivity index (χ0v) is 11.5. The van der Waals surface area contributed by atoms with E-state index in [0.717, 1.165) is 5.69 Å². The number of pyridine rings is 1. The van der Waals surface area contributed by atoms with Gasteiger partial charge in [-0.2, -0.15) is 0 Å². The molecule has 0 atom stereocenters. The van der Waals surface area contributed by atoms with E-state index in [4.69, 9.17) is 41.2 Å². The number of nitrogens with two attached hydrogens (primary N) is 1. The summed E-state index contributed by atoms with van der Waals surface area (Å²) in [5.41, 5.74) is 7.47. The number of nitrogens with zero attached hydrogens (tertiary/aromatic N) is 1. The Morgan fingerprint density at radius 2 is 1.89 bits per heavy atom. The van der Waals surface area contributed by atoms with Gasteiger partial charge < -0.3 is 11.1 Å². The highest BCUT2D eigenvalue weighted by Crippen LogP contribution is 2.32. The maximum atomic E-state index is 6.07. The van der Waals surface area contributed by atoms with Crippen molar-refractivity contribution in [1.29, 1.82) is 0 Å². The second-order valence-electron chi connectivity index (χ2n) is 3.52. The van der Waals surface area contributed by atoms with E-state index >= 15 is 0 Å². The van der Waals surface area contributed by atoms with Gasteiger partial charge in [-0.25, -0.2) is 0 Å². The lowest BCUT2D eigenvalue weighted by molar-refractivity contribution is 1.29. The molecule has 0 aliphatic heterocycles. The predicted molar refractivity (Wildman–Crippen MR) is 79.9 cm³/mol. The molecule has 0 amide bonds. The van der Waals surface area contributed by atoms with Gasteiger partial charge in [-0.05, 0) is 24.3 Å². The minimum atomic E-state index is 0.240. The monoisotopic (exact) mass is 297 g/mol. The molecule has 0 saturated heterocycles. The lowest BCUT2D eigenvalue weighted by atomic mass is 10.2. The number of nitrogens with one attached hydrogen (secondary N) is 1. The van der Waals surface area contributed by atoms with E-state index in [1.165, 1.54) is 0 Å². The van der Waals surface area contributed by atoms with Crippen LogP contribution < -0.4 is 11.1 Å². The first-order valence-electron chi connectivity index (χ1n) is 5.05. The summed E-state index contributed by atoms with van der Waals surface area (Å²) >= 11 is 17.0. The normalized spacial score (nSPS) is 10.1. The van der Waals surface area contributed by atoms with E-state index in [9.17, 15) is 0 Å². The summed E-state index contributed by atoms with van der Waals surface area (Å²) in [6.45, 7) is 0. The topological polar surface area (TPSA) is 50.9 Å². The number of hydrogen-bond acceptors (Lipinski definition) is 3. The van der Waals surface area contributed by atoms with Crippen molar-refractivity contribution < 1.29 is 0 Å². The highest BCUT2D eigenvalue weighted by Gasteiger charge is 2.06. The van der Waals surface area contributed by atoms with Crippen molar-refractivity contribution in [3.8, 4) is 0 Å². The molecule has 0 bridgehead atoms. The van der Waals surface area contributed by atoms with Crippen LogP contribution in [0.15, 0.2) is 36.5 Å². The molecule has 1 heterocycles. The molecule has 18 heavy (non-hydrogen) atoms. The molecule has 3 nitrogen and oxygen atoms in total. The predicted octanol–water partition coefficient (Wildman–Crippen LogP) is 3.77. The third-order valence-corrected chi connectivity index (χ3v) is 3.08. The first kappa shape index (κ1) is 13.1. The minimum absolute atomic E-state index is 0.240. The Morgan fingerprint density at radius 1 is 1.22 bits per heavy atom. The first-order valence-corrected chi connectivity index (χ1v) is 6.21. The minimum Gasteiger partial charge on any atom is -0.388 e. The van der Waals surface area contributed by atoms with Crippen LogP contribution in [0.2, 0.25) is 10.0 Å². The van der Waals surface area contributed by atoms with Crippen molar-refractivity contribution in [2.45, 2.75) is 0 Å². The SMILES string of the molecule is NC(=S)c1cc(Nc2c(Cl)cccc2Cl)ccn1. The van der Waals surface area contributed by atoms with Gasteiger partial charge in [0.25, 0.3) is 0 Å². The number of anilines is 2. The Labute approximate surface area is 120 Å². The van der Waals surface area contributed by atoms with Crippen molar-refractivity contribution >= 4 is 51.8 Å². The third kappa shape index (κ3) is 2.90. The fourth-order valence-corrected chi connectivity index (χ4v) is 2.01. The van der Waals surface area contributed by atoms with Crippen LogP contribution in [0.25, 0.3) is 0 Å². The summed E-state index contributed by atoms with van der Waals surface area (Å²) in [6.07, 6.45) is 1.61. The summed E-state index contributed by atoms with van der Waals surface area (Å²) in [4.78, 5) is 4.29. The summed E-state index contributed by atoms with van der Waals surface area (Å²) in [7, 11) is 0. The van der Waals surface area contributed by atoms with Crippen LogP contribution in [-0.2, 0) is 0 Å². The lowest BCUT2D eigenvalue weighted by Crippen LogP contribution is -2.11. The second-order valence-corrected chi connectivity index (χ2v) is 4.77.